The lowest BCUT2D eigenvalue weighted by atomic mass is 10.0. The molecule has 0 saturated heterocycles. The fourth-order valence-electron chi connectivity index (χ4n) is 2.03. The second-order valence-corrected chi connectivity index (χ2v) is 5.25. The van der Waals surface area contributed by atoms with Crippen molar-refractivity contribution >= 4 is 0 Å². The van der Waals surface area contributed by atoms with E-state index in [9.17, 15) is 9.90 Å². The third kappa shape index (κ3) is 5.08. The van der Waals surface area contributed by atoms with Crippen molar-refractivity contribution in [3.8, 4) is 5.75 Å². The molecule has 0 unspecified atom stereocenters. The summed E-state index contributed by atoms with van der Waals surface area (Å²) in [5.74, 6) is 0.453. The molecule has 0 radical (unpaired) electrons. The van der Waals surface area contributed by atoms with E-state index in [1.54, 1.807) is 6.92 Å². The van der Waals surface area contributed by atoms with E-state index in [0.29, 0.717) is 17.7 Å². The Morgan fingerprint density at radius 2 is 2.05 bits per heavy atom. The first-order valence-electron chi connectivity index (χ1n) is 7.07. The van der Waals surface area contributed by atoms with Crippen LogP contribution < -0.4 is 5.63 Å². The second-order valence-electron chi connectivity index (χ2n) is 5.25. The molecule has 0 fully saturated rings. The zero-order valence-corrected chi connectivity index (χ0v) is 12.8. The molecule has 0 aliphatic rings. The third-order valence-corrected chi connectivity index (χ3v) is 3.22. The van der Waals surface area contributed by atoms with Crippen molar-refractivity contribution in [2.24, 2.45) is 0 Å². The first-order chi connectivity index (χ1) is 9.43. The van der Waals surface area contributed by atoms with Crippen molar-refractivity contribution in [3.05, 3.63) is 51.1 Å². The molecule has 1 aromatic rings. The largest absolute Gasteiger partial charge is 0.507 e. The lowest BCUT2D eigenvalue weighted by Crippen LogP contribution is -2.07. The Labute approximate surface area is 120 Å². The van der Waals surface area contributed by atoms with E-state index in [4.69, 9.17) is 4.42 Å². The number of aryl methyl sites for hydroxylation is 1. The first-order valence-corrected chi connectivity index (χ1v) is 7.07. The molecular formula is C17H24O3. The van der Waals surface area contributed by atoms with E-state index in [1.807, 2.05) is 6.08 Å². The van der Waals surface area contributed by atoms with Crippen molar-refractivity contribution in [2.45, 2.75) is 53.4 Å². The normalized spacial score (nSPS) is 11.5. The van der Waals surface area contributed by atoms with Crippen LogP contribution in [0.5, 0.6) is 5.75 Å². The third-order valence-electron chi connectivity index (χ3n) is 3.22. The summed E-state index contributed by atoms with van der Waals surface area (Å²) in [4.78, 5) is 11.7. The molecule has 20 heavy (non-hydrogen) atoms. The van der Waals surface area contributed by atoms with E-state index in [-0.39, 0.29) is 5.75 Å². The predicted octanol–water partition coefficient (Wildman–Crippen LogP) is 4.28. The van der Waals surface area contributed by atoms with Gasteiger partial charge in [-0.1, -0.05) is 30.2 Å². The SMILES string of the molecule is CCC(=CCc1c(O)cc(C)oc1=O)CCC=C(C)C. The number of hydrogen-bond donors (Lipinski definition) is 1. The van der Waals surface area contributed by atoms with Crippen LogP contribution in [0, 0.1) is 6.92 Å². The number of aromatic hydroxyl groups is 1. The Hall–Kier alpha value is -1.77. The summed E-state index contributed by atoms with van der Waals surface area (Å²) in [6.07, 6.45) is 7.61. The first kappa shape index (κ1) is 16.3. The zero-order chi connectivity index (χ0) is 15.1. The van der Waals surface area contributed by atoms with Crippen LogP contribution in [-0.2, 0) is 6.42 Å². The second kappa shape index (κ2) is 7.73. The van der Waals surface area contributed by atoms with Crippen molar-refractivity contribution in [3.63, 3.8) is 0 Å². The molecule has 1 aromatic heterocycles. The van der Waals surface area contributed by atoms with Gasteiger partial charge in [-0.3, -0.25) is 0 Å². The van der Waals surface area contributed by atoms with E-state index in [2.05, 4.69) is 26.8 Å². The lowest BCUT2D eigenvalue weighted by molar-refractivity contribution is 0.425. The molecule has 0 amide bonds. The van der Waals surface area contributed by atoms with E-state index in [1.165, 1.54) is 17.2 Å². The standard InChI is InChI=1S/C17H24O3/c1-5-14(8-6-7-12(2)3)9-10-15-16(18)11-13(4)20-17(15)19/h7,9,11,18H,5-6,8,10H2,1-4H3. The van der Waals surface area contributed by atoms with Gasteiger partial charge in [-0.15, -0.1) is 0 Å². The van der Waals surface area contributed by atoms with Gasteiger partial charge in [0.05, 0.1) is 5.56 Å². The summed E-state index contributed by atoms with van der Waals surface area (Å²) in [6, 6.07) is 1.49. The molecule has 3 nitrogen and oxygen atoms in total. The smallest absolute Gasteiger partial charge is 0.343 e. The molecule has 0 bridgehead atoms. The fourth-order valence-corrected chi connectivity index (χ4v) is 2.03. The number of hydrogen-bond acceptors (Lipinski definition) is 3. The fraction of sp³-hybridized carbons (Fsp3) is 0.471. The van der Waals surface area contributed by atoms with Gasteiger partial charge < -0.3 is 9.52 Å². The summed E-state index contributed by atoms with van der Waals surface area (Å²) in [6.45, 7) is 7.93. The zero-order valence-electron chi connectivity index (χ0n) is 12.8. The molecule has 1 rings (SSSR count). The monoisotopic (exact) mass is 276 g/mol. The van der Waals surface area contributed by atoms with Crippen molar-refractivity contribution in [1.29, 1.82) is 0 Å². The Balaban J connectivity index is 2.79. The van der Waals surface area contributed by atoms with E-state index in [0.717, 1.165) is 19.3 Å². The van der Waals surface area contributed by atoms with Gasteiger partial charge in [-0.25, -0.2) is 4.79 Å². The van der Waals surface area contributed by atoms with Crippen LogP contribution in [0.15, 0.2) is 38.6 Å². The van der Waals surface area contributed by atoms with Gasteiger partial charge in [-0.2, -0.15) is 0 Å². The highest BCUT2D eigenvalue weighted by molar-refractivity contribution is 5.31. The summed E-state index contributed by atoms with van der Waals surface area (Å²) in [5, 5.41) is 9.81. The van der Waals surface area contributed by atoms with Crippen LogP contribution in [-0.4, -0.2) is 5.11 Å². The summed E-state index contributed by atoms with van der Waals surface area (Å²) >= 11 is 0. The maximum Gasteiger partial charge on any atom is 0.343 e. The van der Waals surface area contributed by atoms with E-state index >= 15 is 0 Å². The van der Waals surface area contributed by atoms with Crippen LogP contribution in [0.3, 0.4) is 0 Å². The highest BCUT2D eigenvalue weighted by atomic mass is 16.4. The van der Waals surface area contributed by atoms with Crippen molar-refractivity contribution in [2.75, 3.05) is 0 Å². The van der Waals surface area contributed by atoms with Crippen LogP contribution >= 0.6 is 0 Å². The molecular weight excluding hydrogens is 252 g/mol. The molecule has 0 saturated carbocycles. The van der Waals surface area contributed by atoms with Crippen LogP contribution in [0.25, 0.3) is 0 Å². The molecule has 0 aromatic carbocycles. The summed E-state index contributed by atoms with van der Waals surface area (Å²) in [7, 11) is 0. The molecule has 0 aliphatic carbocycles. The highest BCUT2D eigenvalue weighted by Crippen LogP contribution is 2.18. The Kier molecular flexibility index (Phi) is 6.29. The quantitative estimate of drug-likeness (QED) is 0.789. The van der Waals surface area contributed by atoms with Gasteiger partial charge >= 0.3 is 5.63 Å². The molecule has 110 valence electrons. The molecule has 0 spiro atoms. The van der Waals surface area contributed by atoms with Crippen molar-refractivity contribution < 1.29 is 9.52 Å². The maximum absolute atomic E-state index is 11.7. The van der Waals surface area contributed by atoms with Gasteiger partial charge in [0.2, 0.25) is 0 Å². The molecule has 0 aliphatic heterocycles. The van der Waals surface area contributed by atoms with Crippen molar-refractivity contribution in [1.82, 2.24) is 0 Å². The summed E-state index contributed by atoms with van der Waals surface area (Å²) < 4.78 is 5.01. The molecule has 1 N–H and O–H groups in total. The maximum atomic E-state index is 11.7. The van der Waals surface area contributed by atoms with Gasteiger partial charge in [0, 0.05) is 12.5 Å². The van der Waals surface area contributed by atoms with Crippen LogP contribution in [0.2, 0.25) is 0 Å². The highest BCUT2D eigenvalue weighted by Gasteiger charge is 2.08. The predicted molar refractivity (Wildman–Crippen MR) is 82.1 cm³/mol. The van der Waals surface area contributed by atoms with Crippen LogP contribution in [0.4, 0.5) is 0 Å². The minimum absolute atomic E-state index is 0.0229. The molecule has 1 heterocycles. The Bertz CT molecular complexity index is 558. The molecule has 0 atom stereocenters. The van der Waals surface area contributed by atoms with Gasteiger partial charge in [-0.05, 0) is 40.0 Å². The topological polar surface area (TPSA) is 50.4 Å². The summed E-state index contributed by atoms with van der Waals surface area (Å²) in [5.41, 5.74) is 2.50. The average Bonchev–Trinajstić information content (AvgIpc) is 2.34. The van der Waals surface area contributed by atoms with Gasteiger partial charge in [0.1, 0.15) is 11.5 Å². The Morgan fingerprint density at radius 3 is 2.60 bits per heavy atom. The molecule has 3 heteroatoms. The average molecular weight is 276 g/mol. The Morgan fingerprint density at radius 1 is 1.35 bits per heavy atom. The number of allylic oxidation sites excluding steroid dienone is 4. The lowest BCUT2D eigenvalue weighted by Gasteiger charge is -2.05. The van der Waals surface area contributed by atoms with Crippen LogP contribution in [0.1, 0.15) is 51.4 Å². The number of rotatable bonds is 6. The minimum Gasteiger partial charge on any atom is -0.507 e. The van der Waals surface area contributed by atoms with Gasteiger partial charge in [0.15, 0.2) is 0 Å². The van der Waals surface area contributed by atoms with Gasteiger partial charge in [0.25, 0.3) is 0 Å². The van der Waals surface area contributed by atoms with E-state index < -0.39 is 5.63 Å². The minimum atomic E-state index is -0.446.